The van der Waals surface area contributed by atoms with Crippen molar-refractivity contribution in [3.8, 4) is 0 Å². The van der Waals surface area contributed by atoms with Gasteiger partial charge in [-0.25, -0.2) is 4.39 Å². The Balaban J connectivity index is 2.22. The molecule has 7 nitrogen and oxygen atoms in total. The number of hydrogen-bond acceptors (Lipinski definition) is 4. The van der Waals surface area contributed by atoms with Crippen LogP contribution in [0, 0.1) is 12.8 Å². The van der Waals surface area contributed by atoms with Crippen molar-refractivity contribution in [2.24, 2.45) is 16.1 Å². The van der Waals surface area contributed by atoms with E-state index in [1.807, 2.05) is 31.2 Å². The molecule has 1 aliphatic rings. The van der Waals surface area contributed by atoms with Crippen molar-refractivity contribution in [3.63, 3.8) is 0 Å². The van der Waals surface area contributed by atoms with Gasteiger partial charge in [0.2, 0.25) is 0 Å². The van der Waals surface area contributed by atoms with Crippen LogP contribution in [0.25, 0.3) is 20.9 Å². The molecule has 1 heterocycles. The first-order chi connectivity index (χ1) is 11.1. The van der Waals surface area contributed by atoms with Gasteiger partial charge >= 0.3 is 0 Å². The van der Waals surface area contributed by atoms with Gasteiger partial charge in [0.1, 0.15) is 17.6 Å². The molecular weight excluding hydrogens is 319 g/mol. The Morgan fingerprint density at radius 1 is 1.26 bits per heavy atom. The number of benzene rings is 1. The molecule has 0 aliphatic carbocycles. The number of thioether (sulfide) groups is 1. The molecule has 1 aromatic rings. The Hall–Kier alpha value is -1.92. The number of azide groups is 2. The van der Waals surface area contributed by atoms with Gasteiger partial charge in [-0.15, -0.1) is 0 Å². The van der Waals surface area contributed by atoms with Crippen LogP contribution in [-0.2, 0) is 4.74 Å². The molecule has 0 bridgehead atoms. The number of hydrogen-bond donors (Lipinski definition) is 0. The van der Waals surface area contributed by atoms with Crippen LogP contribution in [0.3, 0.4) is 0 Å². The molecule has 122 valence electrons. The van der Waals surface area contributed by atoms with E-state index in [9.17, 15) is 4.39 Å². The molecule has 2 rings (SSSR count). The summed E-state index contributed by atoms with van der Waals surface area (Å²) in [6.07, 6.45) is -1.91. The van der Waals surface area contributed by atoms with Crippen molar-refractivity contribution in [3.05, 3.63) is 50.7 Å². The molecule has 1 aliphatic heterocycles. The van der Waals surface area contributed by atoms with Crippen molar-refractivity contribution >= 4 is 11.8 Å². The highest BCUT2D eigenvalue weighted by Crippen LogP contribution is 2.38. The third-order valence-corrected chi connectivity index (χ3v) is 4.95. The van der Waals surface area contributed by atoms with Crippen LogP contribution in [0.1, 0.15) is 12.5 Å². The lowest BCUT2D eigenvalue weighted by atomic mass is 9.91. The van der Waals surface area contributed by atoms with Crippen molar-refractivity contribution < 1.29 is 9.13 Å². The molecule has 1 aromatic carbocycles. The maximum absolute atomic E-state index is 14.6. The highest BCUT2D eigenvalue weighted by atomic mass is 32.2. The maximum Gasteiger partial charge on any atom is 0.119 e. The molecule has 0 spiro atoms. The summed E-state index contributed by atoms with van der Waals surface area (Å²) >= 11 is 1.30. The average Bonchev–Trinajstić information content (AvgIpc) is 2.55. The molecule has 0 aromatic heterocycles. The maximum atomic E-state index is 14.6. The summed E-state index contributed by atoms with van der Waals surface area (Å²) < 4.78 is 20.5. The van der Waals surface area contributed by atoms with Gasteiger partial charge in [0.25, 0.3) is 0 Å². The minimum absolute atomic E-state index is 0.0477. The third-order valence-electron chi connectivity index (χ3n) is 3.79. The smallest absolute Gasteiger partial charge is 0.119 e. The Morgan fingerprint density at radius 3 is 2.57 bits per heavy atom. The predicted octanol–water partition coefficient (Wildman–Crippen LogP) is 4.78. The zero-order valence-corrected chi connectivity index (χ0v) is 13.6. The molecule has 0 amide bonds. The monoisotopic (exact) mass is 336 g/mol. The van der Waals surface area contributed by atoms with Gasteiger partial charge in [-0.05, 0) is 30.1 Å². The number of rotatable bonds is 5. The number of halogens is 1. The molecular formula is C14H17FN6OS. The second-order valence-electron chi connectivity index (χ2n) is 5.39. The molecule has 0 saturated carbocycles. The molecule has 0 unspecified atom stereocenters. The fourth-order valence-electron chi connectivity index (χ4n) is 2.40. The van der Waals surface area contributed by atoms with Crippen LogP contribution in [0.5, 0.6) is 0 Å². The first-order valence-electron chi connectivity index (χ1n) is 7.14. The fourth-order valence-corrected chi connectivity index (χ4v) is 3.50. The summed E-state index contributed by atoms with van der Waals surface area (Å²) in [4.78, 5) is 6.34. The third kappa shape index (κ3) is 4.30. The molecule has 0 N–H and O–H groups in total. The van der Waals surface area contributed by atoms with Gasteiger partial charge in [0.05, 0.1) is 12.6 Å². The molecule has 1 saturated heterocycles. The SMILES string of the molecule is Cc1ccc(S[C@H]2O[C@H](CN=[N+]=[N-])[C@@H](C)[C@H](F)[C@H]2N=[N+]=[N-])cc1. The Morgan fingerprint density at radius 2 is 1.96 bits per heavy atom. The fraction of sp³-hybridized carbons (Fsp3) is 0.571. The second-order valence-corrected chi connectivity index (χ2v) is 6.56. The number of ether oxygens (including phenoxy) is 1. The van der Waals surface area contributed by atoms with Gasteiger partial charge < -0.3 is 4.74 Å². The summed E-state index contributed by atoms with van der Waals surface area (Å²) in [5.41, 5.74) is 17.6. The lowest BCUT2D eigenvalue weighted by Gasteiger charge is -2.40. The first kappa shape index (κ1) is 17.4. The summed E-state index contributed by atoms with van der Waals surface area (Å²) in [5.74, 6) is -0.522. The van der Waals surface area contributed by atoms with Gasteiger partial charge in [0, 0.05) is 20.6 Å². The highest BCUT2D eigenvalue weighted by Gasteiger charge is 2.43. The summed E-state index contributed by atoms with van der Waals surface area (Å²) in [6, 6.07) is 6.78. The van der Waals surface area contributed by atoms with Gasteiger partial charge in [-0.3, -0.25) is 0 Å². The number of aryl methyl sites for hydroxylation is 1. The van der Waals surface area contributed by atoms with Crippen molar-refractivity contribution in [1.29, 1.82) is 0 Å². The Kier molecular flexibility index (Phi) is 6.12. The Labute approximate surface area is 137 Å². The van der Waals surface area contributed by atoms with E-state index in [2.05, 4.69) is 20.1 Å². The van der Waals surface area contributed by atoms with Crippen LogP contribution in [0.15, 0.2) is 39.4 Å². The summed E-state index contributed by atoms with van der Waals surface area (Å²) in [5, 5.41) is 7.06. The van der Waals surface area contributed by atoms with E-state index >= 15 is 0 Å². The van der Waals surface area contributed by atoms with Crippen LogP contribution >= 0.6 is 11.8 Å². The Bertz CT molecular complexity index is 627. The summed E-state index contributed by atoms with van der Waals surface area (Å²) in [6.45, 7) is 3.68. The molecule has 0 radical (unpaired) electrons. The normalized spacial score (nSPS) is 30.1. The van der Waals surface area contributed by atoms with E-state index in [1.54, 1.807) is 6.92 Å². The largest absolute Gasteiger partial charge is 0.363 e. The zero-order chi connectivity index (χ0) is 16.8. The quantitative estimate of drug-likeness (QED) is 0.438. The van der Waals surface area contributed by atoms with Crippen molar-refractivity contribution in [1.82, 2.24) is 0 Å². The minimum Gasteiger partial charge on any atom is -0.363 e. The van der Waals surface area contributed by atoms with Crippen molar-refractivity contribution in [2.45, 2.75) is 42.5 Å². The van der Waals surface area contributed by atoms with Crippen molar-refractivity contribution in [2.75, 3.05) is 6.54 Å². The second kappa shape index (κ2) is 8.08. The van der Waals surface area contributed by atoms with Gasteiger partial charge in [0.15, 0.2) is 0 Å². The van der Waals surface area contributed by atoms with E-state index in [0.717, 1.165) is 10.5 Å². The topological polar surface area (TPSA) is 107 Å². The molecule has 23 heavy (non-hydrogen) atoms. The van der Waals surface area contributed by atoms with E-state index in [0.29, 0.717) is 0 Å². The van der Waals surface area contributed by atoms with E-state index in [-0.39, 0.29) is 6.54 Å². The van der Waals surface area contributed by atoms with E-state index in [1.165, 1.54) is 11.8 Å². The number of nitrogens with zero attached hydrogens (tertiary/aromatic N) is 6. The predicted molar refractivity (Wildman–Crippen MR) is 86.7 cm³/mol. The van der Waals surface area contributed by atoms with Crippen LogP contribution in [0.2, 0.25) is 0 Å². The molecule has 9 heteroatoms. The molecule has 5 atom stereocenters. The highest BCUT2D eigenvalue weighted by molar-refractivity contribution is 7.99. The zero-order valence-electron chi connectivity index (χ0n) is 12.8. The van der Waals surface area contributed by atoms with Gasteiger partial charge in [-0.2, -0.15) is 0 Å². The average molecular weight is 336 g/mol. The lowest BCUT2D eigenvalue weighted by Crippen LogP contribution is -2.50. The van der Waals surface area contributed by atoms with E-state index < -0.39 is 29.7 Å². The van der Waals surface area contributed by atoms with Gasteiger partial charge in [-0.1, -0.05) is 46.6 Å². The van der Waals surface area contributed by atoms with Crippen LogP contribution in [0.4, 0.5) is 4.39 Å². The number of alkyl halides is 1. The van der Waals surface area contributed by atoms with Crippen LogP contribution < -0.4 is 0 Å². The minimum atomic E-state index is -1.36. The standard InChI is InChI=1S/C14H17FN6OS/c1-8-3-5-10(6-4-8)23-14-13(19-21-17)12(15)9(2)11(22-14)7-18-20-16/h3-6,9,11-14H,7H2,1-2H3/t9-,11-,12+,13-,14-/m1/s1. The van der Waals surface area contributed by atoms with E-state index in [4.69, 9.17) is 15.8 Å². The summed E-state index contributed by atoms with van der Waals surface area (Å²) in [7, 11) is 0. The molecule has 1 fully saturated rings. The lowest BCUT2D eigenvalue weighted by molar-refractivity contribution is -0.0813. The first-order valence-corrected chi connectivity index (χ1v) is 8.02. The van der Waals surface area contributed by atoms with Crippen LogP contribution in [-0.4, -0.2) is 30.3 Å².